The fourth-order valence-electron chi connectivity index (χ4n) is 4.59. The number of Topliss-reactive ketones (excluding diaryl/α,β-unsaturated/α-hetero) is 1. The number of hydrogen-bond acceptors (Lipinski definition) is 5. The number of imide groups is 1. The zero-order valence-electron chi connectivity index (χ0n) is 20.6. The molecule has 7 nitrogen and oxygen atoms in total. The number of ketones is 1. The number of amides is 2. The zero-order valence-corrected chi connectivity index (χ0v) is 20.6. The highest BCUT2D eigenvalue weighted by Crippen LogP contribution is 2.28. The van der Waals surface area contributed by atoms with Gasteiger partial charge in [0.2, 0.25) is 5.78 Å². The van der Waals surface area contributed by atoms with Crippen molar-refractivity contribution in [1.82, 2.24) is 9.47 Å². The lowest BCUT2D eigenvalue weighted by Gasteiger charge is -2.25. The Morgan fingerprint density at radius 3 is 2.08 bits per heavy atom. The summed E-state index contributed by atoms with van der Waals surface area (Å²) >= 11 is 0. The number of hydrogen-bond donors (Lipinski definition) is 0. The summed E-state index contributed by atoms with van der Waals surface area (Å²) < 4.78 is 20.5. The van der Waals surface area contributed by atoms with E-state index < -0.39 is 36.2 Å². The van der Waals surface area contributed by atoms with Crippen molar-refractivity contribution in [2.24, 2.45) is 5.92 Å². The number of halogens is 1. The number of carbonyl (C=O) groups is 4. The first-order chi connectivity index (χ1) is 17.1. The Bertz CT molecular complexity index is 1320. The highest BCUT2D eigenvalue weighted by Gasteiger charge is 2.43. The van der Waals surface area contributed by atoms with E-state index in [4.69, 9.17) is 4.74 Å². The molecule has 0 aliphatic carbocycles. The van der Waals surface area contributed by atoms with Crippen molar-refractivity contribution < 1.29 is 28.3 Å². The minimum absolute atomic E-state index is 0.0165. The SMILES string of the molecule is Cc1cc(C(=O)COC(=O)C(CC(C)C)N2C(=O)c3ccccc3C2=O)c(C)n1-c1ccc(F)cc1. The van der Waals surface area contributed by atoms with E-state index in [0.717, 1.165) is 10.6 Å². The van der Waals surface area contributed by atoms with E-state index in [1.807, 2.05) is 25.3 Å². The second-order valence-electron chi connectivity index (χ2n) is 9.30. The zero-order chi connectivity index (χ0) is 26.1. The molecule has 0 fully saturated rings. The maximum Gasteiger partial charge on any atom is 0.329 e. The molecule has 0 saturated carbocycles. The molecule has 1 aromatic heterocycles. The summed E-state index contributed by atoms with van der Waals surface area (Å²) in [6, 6.07) is 12.9. The Hall–Kier alpha value is -4.07. The second kappa shape index (κ2) is 9.89. The first-order valence-electron chi connectivity index (χ1n) is 11.7. The van der Waals surface area contributed by atoms with Crippen LogP contribution in [0, 0.1) is 25.6 Å². The molecule has 4 rings (SSSR count). The van der Waals surface area contributed by atoms with Crippen LogP contribution in [0.2, 0.25) is 0 Å². The highest BCUT2D eigenvalue weighted by molar-refractivity contribution is 6.22. The van der Waals surface area contributed by atoms with Gasteiger partial charge in [-0.15, -0.1) is 0 Å². The largest absolute Gasteiger partial charge is 0.456 e. The molecule has 186 valence electrons. The molecule has 0 radical (unpaired) electrons. The van der Waals surface area contributed by atoms with Crippen LogP contribution < -0.4 is 0 Å². The topological polar surface area (TPSA) is 85.7 Å². The molecule has 1 aliphatic heterocycles. The molecule has 3 aromatic rings. The van der Waals surface area contributed by atoms with E-state index in [1.54, 1.807) is 49.4 Å². The number of aromatic nitrogens is 1. The third-order valence-corrected chi connectivity index (χ3v) is 6.27. The molecule has 8 heteroatoms. The Morgan fingerprint density at radius 2 is 1.53 bits per heavy atom. The van der Waals surface area contributed by atoms with Crippen molar-refractivity contribution >= 4 is 23.6 Å². The molecule has 0 saturated heterocycles. The number of benzene rings is 2. The summed E-state index contributed by atoms with van der Waals surface area (Å²) in [5.41, 5.74) is 2.94. The van der Waals surface area contributed by atoms with Gasteiger partial charge in [-0.3, -0.25) is 19.3 Å². The van der Waals surface area contributed by atoms with Gasteiger partial charge in [0.25, 0.3) is 11.8 Å². The summed E-state index contributed by atoms with van der Waals surface area (Å²) in [7, 11) is 0. The molecule has 1 unspecified atom stereocenters. The average Bonchev–Trinajstić information content (AvgIpc) is 3.28. The second-order valence-corrected chi connectivity index (χ2v) is 9.30. The third kappa shape index (κ3) is 4.58. The number of carbonyl (C=O) groups excluding carboxylic acids is 4. The number of aryl methyl sites for hydroxylation is 1. The predicted molar refractivity (Wildman–Crippen MR) is 131 cm³/mol. The van der Waals surface area contributed by atoms with E-state index in [-0.39, 0.29) is 29.3 Å². The van der Waals surface area contributed by atoms with Gasteiger partial charge in [0.1, 0.15) is 11.9 Å². The van der Waals surface area contributed by atoms with Crippen molar-refractivity contribution in [2.45, 2.75) is 40.2 Å². The molecule has 1 atom stereocenters. The molecule has 0 N–H and O–H groups in total. The van der Waals surface area contributed by atoms with Gasteiger partial charge < -0.3 is 9.30 Å². The number of rotatable bonds is 8. The average molecular weight is 491 g/mol. The van der Waals surface area contributed by atoms with Gasteiger partial charge in [-0.1, -0.05) is 26.0 Å². The molecule has 2 aromatic carbocycles. The quantitative estimate of drug-likeness (QED) is 0.260. The summed E-state index contributed by atoms with van der Waals surface area (Å²) in [4.78, 5) is 52.9. The van der Waals surface area contributed by atoms with Crippen LogP contribution in [0.5, 0.6) is 0 Å². The minimum atomic E-state index is -1.14. The maximum absolute atomic E-state index is 13.3. The standard InChI is InChI=1S/C28H27FN2O5/c1-16(2)13-24(31-26(33)21-7-5-6-8-22(21)27(31)34)28(35)36-15-25(32)23-14-17(3)30(18(23)4)20-11-9-19(29)10-12-20/h5-12,14,16,24H,13,15H2,1-4H3. The molecule has 2 amide bonds. The van der Waals surface area contributed by atoms with Crippen LogP contribution >= 0.6 is 0 Å². The van der Waals surface area contributed by atoms with Gasteiger partial charge in [-0.05, 0) is 68.7 Å². The molecule has 2 heterocycles. The van der Waals surface area contributed by atoms with Crippen LogP contribution in [0.3, 0.4) is 0 Å². The van der Waals surface area contributed by atoms with Crippen LogP contribution in [0.25, 0.3) is 5.69 Å². The van der Waals surface area contributed by atoms with Crippen LogP contribution in [0.4, 0.5) is 4.39 Å². The molecular weight excluding hydrogens is 463 g/mol. The number of fused-ring (bicyclic) bond motifs is 1. The summed E-state index contributed by atoms with van der Waals surface area (Å²) in [6.45, 7) is 6.78. The van der Waals surface area contributed by atoms with E-state index in [2.05, 4.69) is 0 Å². The van der Waals surface area contributed by atoms with Crippen LogP contribution in [-0.4, -0.2) is 45.7 Å². The Labute approximate surface area is 208 Å². The lowest BCUT2D eigenvalue weighted by molar-refractivity contribution is -0.147. The van der Waals surface area contributed by atoms with Crippen molar-refractivity contribution in [3.63, 3.8) is 0 Å². The van der Waals surface area contributed by atoms with Gasteiger partial charge in [0.05, 0.1) is 11.1 Å². The molecule has 1 aliphatic rings. The third-order valence-electron chi connectivity index (χ3n) is 6.27. The number of ether oxygens (including phenoxy) is 1. The normalized spacial score (nSPS) is 13.8. The van der Waals surface area contributed by atoms with Gasteiger partial charge in [-0.25, -0.2) is 9.18 Å². The van der Waals surface area contributed by atoms with Crippen molar-refractivity contribution in [1.29, 1.82) is 0 Å². The molecule has 0 bridgehead atoms. The smallest absolute Gasteiger partial charge is 0.329 e. The van der Waals surface area contributed by atoms with Gasteiger partial charge >= 0.3 is 5.97 Å². The Morgan fingerprint density at radius 1 is 0.944 bits per heavy atom. The first-order valence-corrected chi connectivity index (χ1v) is 11.7. The van der Waals surface area contributed by atoms with Gasteiger partial charge in [0.15, 0.2) is 6.61 Å². The number of esters is 1. The van der Waals surface area contributed by atoms with Crippen LogP contribution in [-0.2, 0) is 9.53 Å². The van der Waals surface area contributed by atoms with Crippen LogP contribution in [0.15, 0.2) is 54.6 Å². The highest BCUT2D eigenvalue weighted by atomic mass is 19.1. The van der Waals surface area contributed by atoms with Gasteiger partial charge in [0, 0.05) is 22.6 Å². The van der Waals surface area contributed by atoms with E-state index >= 15 is 0 Å². The van der Waals surface area contributed by atoms with E-state index in [1.165, 1.54) is 12.1 Å². The van der Waals surface area contributed by atoms with Crippen molar-refractivity contribution in [2.75, 3.05) is 6.61 Å². The predicted octanol–water partition coefficient (Wildman–Crippen LogP) is 4.67. The lowest BCUT2D eigenvalue weighted by Crippen LogP contribution is -2.46. The number of nitrogens with zero attached hydrogens (tertiary/aromatic N) is 2. The summed E-state index contributed by atoms with van der Waals surface area (Å²) in [6.07, 6.45) is 0.206. The van der Waals surface area contributed by atoms with E-state index in [9.17, 15) is 23.6 Å². The fourth-order valence-corrected chi connectivity index (χ4v) is 4.59. The maximum atomic E-state index is 13.3. The van der Waals surface area contributed by atoms with Crippen molar-refractivity contribution in [3.8, 4) is 5.69 Å². The minimum Gasteiger partial charge on any atom is -0.456 e. The van der Waals surface area contributed by atoms with Crippen molar-refractivity contribution in [3.05, 3.63) is 88.5 Å². The summed E-state index contributed by atoms with van der Waals surface area (Å²) in [5.74, 6) is -2.70. The molecule has 36 heavy (non-hydrogen) atoms. The monoisotopic (exact) mass is 490 g/mol. The molecule has 0 spiro atoms. The summed E-state index contributed by atoms with van der Waals surface area (Å²) in [5, 5.41) is 0. The van der Waals surface area contributed by atoms with E-state index in [0.29, 0.717) is 16.9 Å². The fraction of sp³-hybridized carbons (Fsp3) is 0.286. The van der Waals surface area contributed by atoms with Gasteiger partial charge in [-0.2, -0.15) is 0 Å². The lowest BCUT2D eigenvalue weighted by atomic mass is 10.0. The first kappa shape index (κ1) is 25.0. The molecular formula is C28H27FN2O5. The Balaban J connectivity index is 1.52. The van der Waals surface area contributed by atoms with Crippen LogP contribution in [0.1, 0.15) is 62.7 Å². The Kier molecular flexibility index (Phi) is 6.88.